The summed E-state index contributed by atoms with van der Waals surface area (Å²) in [6.45, 7) is 0. The first-order chi connectivity index (χ1) is 10.9. The summed E-state index contributed by atoms with van der Waals surface area (Å²) >= 11 is 0. The van der Waals surface area contributed by atoms with Crippen molar-refractivity contribution in [1.82, 2.24) is 0 Å². The van der Waals surface area contributed by atoms with Crippen LogP contribution in [-0.2, 0) is 6.26 Å². The van der Waals surface area contributed by atoms with Gasteiger partial charge in [0.05, 0.1) is 5.39 Å². The average Bonchev–Trinajstić information content (AvgIpc) is 2.80. The molecule has 0 N–H and O–H groups in total. The normalized spacial score (nSPS) is 12.5. The summed E-state index contributed by atoms with van der Waals surface area (Å²) in [6, 6.07) is 22.1. The molecule has 0 amide bonds. The van der Waals surface area contributed by atoms with Crippen LogP contribution in [0, 0.1) is 0 Å². The lowest BCUT2D eigenvalue weighted by Gasteiger charge is -1.97. The smallest absolute Gasteiger partial charge is 0.418 e. The Morgan fingerprint density at radius 3 is 1.96 bits per heavy atom. The number of hydrogen-bond donors (Lipinski definition) is 0. The van der Waals surface area contributed by atoms with E-state index in [9.17, 15) is 17.3 Å². The van der Waals surface area contributed by atoms with Crippen LogP contribution in [0.2, 0.25) is 0 Å². The Morgan fingerprint density at radius 1 is 0.696 bits per heavy atom. The molecule has 3 aromatic carbocycles. The zero-order valence-corrected chi connectivity index (χ0v) is 13.1. The van der Waals surface area contributed by atoms with E-state index in [0.29, 0.717) is 0 Å². The van der Waals surface area contributed by atoms with E-state index in [1.54, 1.807) is 0 Å². The number of aryl methyl sites for hydroxylation is 1. The second kappa shape index (κ2) is 5.85. The van der Waals surface area contributed by atoms with E-state index >= 15 is 0 Å². The first-order valence-corrected chi connectivity index (χ1v) is 8.64. The predicted octanol–water partition coefficient (Wildman–Crippen LogP) is 6.73. The number of benzene rings is 3. The van der Waals surface area contributed by atoms with E-state index in [1.165, 1.54) is 30.9 Å². The average molecular weight is 336 g/mol. The Balaban J connectivity index is 0.000000276. The molecule has 6 heteroatoms. The largest absolute Gasteiger partial charge is 0.673 e. The van der Waals surface area contributed by atoms with Gasteiger partial charge in [0.1, 0.15) is 6.26 Å². The minimum atomic E-state index is -6.00. The van der Waals surface area contributed by atoms with Crippen molar-refractivity contribution in [2.75, 3.05) is 0 Å². The van der Waals surface area contributed by atoms with Gasteiger partial charge in [-0.05, 0) is 45.5 Å². The van der Waals surface area contributed by atoms with Crippen molar-refractivity contribution >= 4 is 48.7 Å². The summed E-state index contributed by atoms with van der Waals surface area (Å²) in [4.78, 5) is 0. The van der Waals surface area contributed by atoms with Crippen LogP contribution in [0.25, 0.3) is 30.9 Å². The molecule has 1 heterocycles. The molecule has 1 unspecified atom stereocenters. The van der Waals surface area contributed by atoms with E-state index in [-0.39, 0.29) is 10.5 Å². The van der Waals surface area contributed by atoms with Gasteiger partial charge in [-0.2, -0.15) is 0 Å². The summed E-state index contributed by atoms with van der Waals surface area (Å²) in [5, 5.41) is 5.61. The Bertz CT molecular complexity index is 982. The van der Waals surface area contributed by atoms with Crippen LogP contribution in [0.15, 0.2) is 60.7 Å². The lowest BCUT2D eigenvalue weighted by Crippen LogP contribution is -2.02. The zero-order chi connectivity index (χ0) is 16.6. The molecule has 0 radical (unpaired) electrons. The number of hydrogen-bond acceptors (Lipinski definition) is 0. The van der Waals surface area contributed by atoms with Crippen molar-refractivity contribution in [3.05, 3.63) is 60.7 Å². The molecule has 4 aromatic rings. The first-order valence-electron chi connectivity index (χ1n) is 7.00. The predicted molar refractivity (Wildman–Crippen MR) is 92.6 cm³/mol. The van der Waals surface area contributed by atoms with Gasteiger partial charge in [0.2, 0.25) is 0 Å². The monoisotopic (exact) mass is 336 g/mol. The Morgan fingerprint density at radius 2 is 1.26 bits per heavy atom. The highest BCUT2D eigenvalue weighted by Crippen LogP contribution is 2.43. The fourth-order valence-corrected chi connectivity index (χ4v) is 4.66. The van der Waals surface area contributed by atoms with Crippen LogP contribution in [0.1, 0.15) is 0 Å². The maximum absolute atomic E-state index is 9.75. The number of rotatable bonds is 0. The minimum absolute atomic E-state index is 0.221. The van der Waals surface area contributed by atoms with Crippen LogP contribution < -0.4 is 0 Å². The van der Waals surface area contributed by atoms with Gasteiger partial charge in [-0.3, -0.25) is 0 Å². The van der Waals surface area contributed by atoms with Crippen LogP contribution in [0.5, 0.6) is 0 Å². The first kappa shape index (κ1) is 15.8. The fourth-order valence-electron chi connectivity index (χ4n) is 2.84. The summed E-state index contributed by atoms with van der Waals surface area (Å²) in [6.07, 6.45) is 2.33. The lowest BCUT2D eigenvalue weighted by atomic mass is 10.0. The highest BCUT2D eigenvalue weighted by Gasteiger charge is 2.20. The summed E-state index contributed by atoms with van der Waals surface area (Å²) in [7, 11) is -5.78. The number of fused-ring (bicyclic) bond motifs is 5. The van der Waals surface area contributed by atoms with E-state index in [0.717, 1.165) is 0 Å². The molecule has 0 spiro atoms. The third-order valence-corrected chi connectivity index (χ3v) is 5.72. The van der Waals surface area contributed by atoms with E-state index < -0.39 is 7.25 Å². The van der Waals surface area contributed by atoms with Gasteiger partial charge in [-0.1, -0.05) is 36.4 Å². The fraction of sp³-hybridized carbons (Fsp3) is 0.0588. The van der Waals surface area contributed by atoms with E-state index in [2.05, 4.69) is 66.9 Å². The molecule has 0 saturated carbocycles. The second-order valence-corrected chi connectivity index (χ2v) is 7.06. The maximum Gasteiger partial charge on any atom is 0.673 e. The van der Waals surface area contributed by atoms with Gasteiger partial charge >= 0.3 is 7.25 Å². The summed E-state index contributed by atoms with van der Waals surface area (Å²) < 4.78 is 42.0. The Hall–Kier alpha value is -2.08. The molecule has 0 bridgehead atoms. The molecule has 0 saturated heterocycles. The molecule has 0 aliphatic carbocycles. The van der Waals surface area contributed by atoms with Gasteiger partial charge in [0.25, 0.3) is 0 Å². The van der Waals surface area contributed by atoms with Crippen LogP contribution in [0.3, 0.4) is 0 Å². The molecule has 23 heavy (non-hydrogen) atoms. The zero-order valence-electron chi connectivity index (χ0n) is 12.3. The van der Waals surface area contributed by atoms with Crippen molar-refractivity contribution in [1.29, 1.82) is 0 Å². The SMILES string of the molecule is C[s+]1c2ccccc2c2c3ccccc3ccc21.F[B-](F)(F)F. The summed E-state index contributed by atoms with van der Waals surface area (Å²) in [5.41, 5.74) is 0. The highest BCUT2D eigenvalue weighted by atomic mass is 32.2. The molecular weight excluding hydrogens is 323 g/mol. The van der Waals surface area contributed by atoms with Crippen molar-refractivity contribution in [3.63, 3.8) is 0 Å². The Labute approximate surface area is 133 Å². The van der Waals surface area contributed by atoms with Crippen molar-refractivity contribution in [2.24, 2.45) is 6.26 Å². The van der Waals surface area contributed by atoms with Crippen molar-refractivity contribution in [3.8, 4) is 0 Å². The third kappa shape index (κ3) is 3.17. The van der Waals surface area contributed by atoms with Gasteiger partial charge in [-0.25, -0.2) is 0 Å². The number of thiophene rings is 1. The molecule has 0 fully saturated rings. The molecule has 1 aromatic heterocycles. The highest BCUT2D eigenvalue weighted by molar-refractivity contribution is 7.41. The number of halogens is 4. The lowest BCUT2D eigenvalue weighted by molar-refractivity contribution is 0.368. The third-order valence-electron chi connectivity index (χ3n) is 3.71. The molecule has 0 aliphatic heterocycles. The van der Waals surface area contributed by atoms with Gasteiger partial charge in [0, 0.05) is 5.39 Å². The summed E-state index contributed by atoms with van der Waals surface area (Å²) in [5.74, 6) is 0. The topological polar surface area (TPSA) is 0 Å². The van der Waals surface area contributed by atoms with Gasteiger partial charge < -0.3 is 17.3 Å². The second-order valence-electron chi connectivity index (χ2n) is 5.16. The standard InChI is InChI=1S/C17H13S.BF4/c1-18-15-9-5-4-8-14(15)17-13-7-3-2-6-12(13)10-11-16(17)18;2-1(3,4)5/h2-11H,1H3;/q+1;-1. The molecular formula is C17H13BF4S. The molecule has 0 aliphatic rings. The molecule has 0 nitrogen and oxygen atoms in total. The van der Waals surface area contributed by atoms with E-state index in [1.807, 2.05) is 0 Å². The maximum atomic E-state index is 9.75. The van der Waals surface area contributed by atoms with E-state index in [4.69, 9.17) is 0 Å². The van der Waals surface area contributed by atoms with Gasteiger partial charge in [0.15, 0.2) is 9.40 Å². The van der Waals surface area contributed by atoms with Gasteiger partial charge in [-0.15, -0.1) is 0 Å². The Kier molecular flexibility index (Phi) is 4.02. The van der Waals surface area contributed by atoms with Crippen molar-refractivity contribution in [2.45, 2.75) is 0 Å². The van der Waals surface area contributed by atoms with Crippen molar-refractivity contribution < 1.29 is 17.3 Å². The molecule has 1 atom stereocenters. The minimum Gasteiger partial charge on any atom is -0.418 e. The van der Waals surface area contributed by atoms with Crippen LogP contribution in [0.4, 0.5) is 17.3 Å². The molecule has 118 valence electrons. The van der Waals surface area contributed by atoms with Crippen LogP contribution in [-0.4, -0.2) is 7.25 Å². The quantitative estimate of drug-likeness (QED) is 0.190. The van der Waals surface area contributed by atoms with Crippen LogP contribution >= 0.6 is 10.5 Å². The molecule has 4 rings (SSSR count).